The second-order valence-corrected chi connectivity index (χ2v) is 2.43. The Morgan fingerprint density at radius 1 is 1.36 bits per heavy atom. The van der Waals surface area contributed by atoms with Crippen LogP contribution in [0.2, 0.25) is 0 Å². The molecule has 1 heterocycles. The van der Waals surface area contributed by atoms with Crippen LogP contribution in [-0.2, 0) is 9.59 Å². The summed E-state index contributed by atoms with van der Waals surface area (Å²) in [5.74, 6) is -0.798. The maximum Gasteiger partial charge on any atom is 0.274 e. The Morgan fingerprint density at radius 3 is 2.36 bits per heavy atom. The van der Waals surface area contributed by atoms with Crippen LogP contribution in [-0.4, -0.2) is 11.8 Å². The third-order valence-electron chi connectivity index (χ3n) is 1.57. The van der Waals surface area contributed by atoms with Crippen molar-refractivity contribution >= 4 is 11.8 Å². The second kappa shape index (κ2) is 2.74. The highest BCUT2D eigenvalue weighted by molar-refractivity contribution is 6.18. The molecule has 1 aliphatic rings. The van der Waals surface area contributed by atoms with Crippen LogP contribution < -0.4 is 11.1 Å². The lowest BCUT2D eigenvalue weighted by Gasteiger charge is -1.94. The molecule has 1 rings (SSSR count). The SMILES string of the molecule is CCCC1=C(N)C(=O)NC1=O. The number of carbonyl (C=O) groups excluding carboxylic acids is 2. The van der Waals surface area contributed by atoms with Gasteiger partial charge in [0, 0.05) is 5.57 Å². The van der Waals surface area contributed by atoms with Gasteiger partial charge >= 0.3 is 0 Å². The number of imide groups is 1. The number of rotatable bonds is 2. The zero-order valence-corrected chi connectivity index (χ0v) is 6.31. The predicted octanol–water partition coefficient (Wildman–Crippen LogP) is -0.344. The van der Waals surface area contributed by atoms with Gasteiger partial charge in [0.1, 0.15) is 5.70 Å². The molecule has 0 bridgehead atoms. The van der Waals surface area contributed by atoms with Gasteiger partial charge in [0.25, 0.3) is 11.8 Å². The van der Waals surface area contributed by atoms with Crippen molar-refractivity contribution in [1.82, 2.24) is 5.32 Å². The minimum absolute atomic E-state index is 0.0804. The van der Waals surface area contributed by atoms with Crippen molar-refractivity contribution in [3.63, 3.8) is 0 Å². The molecule has 0 saturated carbocycles. The van der Waals surface area contributed by atoms with Gasteiger partial charge in [0.05, 0.1) is 0 Å². The summed E-state index contributed by atoms with van der Waals surface area (Å²) in [7, 11) is 0. The molecule has 0 saturated heterocycles. The van der Waals surface area contributed by atoms with E-state index in [1.165, 1.54) is 0 Å². The molecule has 0 radical (unpaired) electrons. The number of nitrogens with two attached hydrogens (primary N) is 1. The highest BCUT2D eigenvalue weighted by atomic mass is 16.2. The highest BCUT2D eigenvalue weighted by Gasteiger charge is 2.26. The van der Waals surface area contributed by atoms with Crippen LogP contribution in [0.4, 0.5) is 0 Å². The van der Waals surface area contributed by atoms with Crippen LogP contribution in [0.5, 0.6) is 0 Å². The van der Waals surface area contributed by atoms with Crippen molar-refractivity contribution in [3.8, 4) is 0 Å². The minimum Gasteiger partial charge on any atom is -0.394 e. The van der Waals surface area contributed by atoms with Gasteiger partial charge in [-0.05, 0) is 6.42 Å². The minimum atomic E-state index is -0.460. The molecule has 0 aromatic heterocycles. The molecule has 2 amide bonds. The number of carbonyl (C=O) groups is 2. The summed E-state index contributed by atoms with van der Waals surface area (Å²) in [5, 5.41) is 2.12. The van der Waals surface area contributed by atoms with Crippen molar-refractivity contribution in [2.45, 2.75) is 19.8 Å². The molecule has 4 heteroatoms. The number of hydrogen-bond acceptors (Lipinski definition) is 3. The Labute approximate surface area is 64.4 Å². The fraction of sp³-hybridized carbons (Fsp3) is 0.429. The standard InChI is InChI=1S/C7H10N2O2/c1-2-3-4-5(8)7(11)9-6(4)10/h2-3H2,1H3,(H3,8,9,10,11). The van der Waals surface area contributed by atoms with E-state index in [0.29, 0.717) is 12.0 Å². The first kappa shape index (κ1) is 7.78. The molecular weight excluding hydrogens is 144 g/mol. The van der Waals surface area contributed by atoms with Gasteiger partial charge in [0.15, 0.2) is 0 Å². The van der Waals surface area contributed by atoms with E-state index in [9.17, 15) is 9.59 Å². The fourth-order valence-electron chi connectivity index (χ4n) is 1.00. The molecule has 0 unspecified atom stereocenters. The molecule has 0 aromatic rings. The number of hydrogen-bond donors (Lipinski definition) is 2. The average Bonchev–Trinajstić information content (AvgIpc) is 2.17. The summed E-state index contributed by atoms with van der Waals surface area (Å²) in [6, 6.07) is 0. The quantitative estimate of drug-likeness (QED) is 0.534. The lowest BCUT2D eigenvalue weighted by Crippen LogP contribution is -2.24. The summed E-state index contributed by atoms with van der Waals surface area (Å²) >= 11 is 0. The second-order valence-electron chi connectivity index (χ2n) is 2.43. The molecule has 0 atom stereocenters. The Balaban J connectivity index is 2.87. The molecule has 1 aliphatic heterocycles. The van der Waals surface area contributed by atoms with E-state index >= 15 is 0 Å². The summed E-state index contributed by atoms with van der Waals surface area (Å²) in [6.45, 7) is 1.93. The molecule has 3 N–H and O–H groups in total. The summed E-state index contributed by atoms with van der Waals surface area (Å²) in [5.41, 5.74) is 5.85. The molecule has 0 spiro atoms. The predicted molar refractivity (Wildman–Crippen MR) is 39.3 cm³/mol. The van der Waals surface area contributed by atoms with E-state index in [1.807, 2.05) is 6.92 Å². The first-order chi connectivity index (χ1) is 5.16. The van der Waals surface area contributed by atoms with Crippen LogP contribution in [0.15, 0.2) is 11.3 Å². The van der Waals surface area contributed by atoms with Gasteiger partial charge in [-0.3, -0.25) is 14.9 Å². The van der Waals surface area contributed by atoms with E-state index in [0.717, 1.165) is 6.42 Å². The number of nitrogens with one attached hydrogen (secondary N) is 1. The molecular formula is C7H10N2O2. The molecule has 4 nitrogen and oxygen atoms in total. The van der Waals surface area contributed by atoms with Crippen molar-refractivity contribution in [2.24, 2.45) is 5.73 Å². The molecule has 0 aromatic carbocycles. The Kier molecular flexibility index (Phi) is 1.94. The molecule has 60 valence electrons. The summed E-state index contributed by atoms with van der Waals surface area (Å²) in [4.78, 5) is 21.7. The number of amides is 2. The van der Waals surface area contributed by atoms with Gasteiger partial charge in [-0.15, -0.1) is 0 Å². The Morgan fingerprint density at radius 2 is 2.00 bits per heavy atom. The Bertz CT molecular complexity index is 243. The molecule has 0 aliphatic carbocycles. The Hall–Kier alpha value is -1.32. The van der Waals surface area contributed by atoms with E-state index in [1.54, 1.807) is 0 Å². The first-order valence-electron chi connectivity index (χ1n) is 3.51. The van der Waals surface area contributed by atoms with Gasteiger partial charge in [0.2, 0.25) is 0 Å². The van der Waals surface area contributed by atoms with Gasteiger partial charge < -0.3 is 5.73 Å². The maximum absolute atomic E-state index is 10.9. The maximum atomic E-state index is 10.9. The topological polar surface area (TPSA) is 72.2 Å². The highest BCUT2D eigenvalue weighted by Crippen LogP contribution is 2.12. The van der Waals surface area contributed by atoms with Gasteiger partial charge in [-0.2, -0.15) is 0 Å². The first-order valence-corrected chi connectivity index (χ1v) is 3.51. The average molecular weight is 154 g/mol. The summed E-state index contributed by atoms with van der Waals surface area (Å²) in [6.07, 6.45) is 1.39. The van der Waals surface area contributed by atoms with Gasteiger partial charge in [-0.25, -0.2) is 0 Å². The van der Waals surface area contributed by atoms with Crippen molar-refractivity contribution < 1.29 is 9.59 Å². The van der Waals surface area contributed by atoms with Crippen LogP contribution in [0, 0.1) is 0 Å². The lowest BCUT2D eigenvalue weighted by atomic mass is 10.1. The lowest BCUT2D eigenvalue weighted by molar-refractivity contribution is -0.124. The van der Waals surface area contributed by atoms with E-state index in [2.05, 4.69) is 5.32 Å². The third-order valence-corrected chi connectivity index (χ3v) is 1.57. The normalized spacial score (nSPS) is 17.5. The zero-order chi connectivity index (χ0) is 8.43. The molecule has 0 fully saturated rings. The van der Waals surface area contributed by atoms with Crippen molar-refractivity contribution in [2.75, 3.05) is 0 Å². The monoisotopic (exact) mass is 154 g/mol. The zero-order valence-electron chi connectivity index (χ0n) is 6.31. The van der Waals surface area contributed by atoms with Crippen LogP contribution >= 0.6 is 0 Å². The van der Waals surface area contributed by atoms with Crippen LogP contribution in [0.1, 0.15) is 19.8 Å². The third kappa shape index (κ3) is 1.24. The van der Waals surface area contributed by atoms with E-state index in [4.69, 9.17) is 5.73 Å². The van der Waals surface area contributed by atoms with Crippen molar-refractivity contribution in [1.29, 1.82) is 0 Å². The summed E-state index contributed by atoms with van der Waals surface area (Å²) < 4.78 is 0. The molecule has 11 heavy (non-hydrogen) atoms. The fourth-order valence-corrected chi connectivity index (χ4v) is 1.00. The smallest absolute Gasteiger partial charge is 0.274 e. The van der Waals surface area contributed by atoms with E-state index < -0.39 is 5.91 Å². The van der Waals surface area contributed by atoms with Crippen molar-refractivity contribution in [3.05, 3.63) is 11.3 Å². The largest absolute Gasteiger partial charge is 0.394 e. The van der Waals surface area contributed by atoms with Crippen LogP contribution in [0.25, 0.3) is 0 Å². The van der Waals surface area contributed by atoms with Gasteiger partial charge in [-0.1, -0.05) is 13.3 Å². The van der Waals surface area contributed by atoms with E-state index in [-0.39, 0.29) is 11.6 Å². The van der Waals surface area contributed by atoms with Crippen LogP contribution in [0.3, 0.4) is 0 Å².